The van der Waals surface area contributed by atoms with Crippen molar-refractivity contribution in [3.63, 3.8) is 0 Å². The number of aromatic nitrogens is 1. The second-order valence-corrected chi connectivity index (χ2v) is 4.83. The lowest BCUT2D eigenvalue weighted by Crippen LogP contribution is -2.26. The van der Waals surface area contributed by atoms with Crippen LogP contribution >= 0.6 is 11.6 Å². The van der Waals surface area contributed by atoms with Gasteiger partial charge in [-0.05, 0) is 36.2 Å². The lowest BCUT2D eigenvalue weighted by molar-refractivity contribution is 0.592. The van der Waals surface area contributed by atoms with Crippen LogP contribution in [-0.4, -0.2) is 16.9 Å². The van der Waals surface area contributed by atoms with Crippen LogP contribution in [0.4, 0.5) is 4.39 Å². The standard InChI is InChI=1S/C15H16ClFN2/c1-11(7-16)19-9-12-6-14(10-18-8-12)13-2-4-15(17)5-3-13/h2-6,8,10-11,19H,7,9H2,1H3. The fraction of sp³-hybridized carbons (Fsp3) is 0.267. The van der Waals surface area contributed by atoms with Crippen molar-refractivity contribution in [1.29, 1.82) is 0 Å². The molecule has 4 heteroatoms. The Morgan fingerprint density at radius 3 is 2.63 bits per heavy atom. The maximum absolute atomic E-state index is 12.9. The average molecular weight is 279 g/mol. The van der Waals surface area contributed by atoms with Crippen LogP contribution in [0.5, 0.6) is 0 Å². The zero-order chi connectivity index (χ0) is 13.7. The third kappa shape index (κ3) is 4.01. The molecule has 1 N–H and O–H groups in total. The molecule has 1 heterocycles. The molecule has 2 aromatic rings. The van der Waals surface area contributed by atoms with Crippen LogP contribution in [0.15, 0.2) is 42.7 Å². The molecule has 0 radical (unpaired) electrons. The van der Waals surface area contributed by atoms with Crippen LogP contribution in [0.3, 0.4) is 0 Å². The maximum atomic E-state index is 12.9. The summed E-state index contributed by atoms with van der Waals surface area (Å²) in [5, 5.41) is 3.30. The number of nitrogens with one attached hydrogen (secondary N) is 1. The zero-order valence-corrected chi connectivity index (χ0v) is 11.5. The summed E-state index contributed by atoms with van der Waals surface area (Å²) >= 11 is 5.75. The molecule has 19 heavy (non-hydrogen) atoms. The smallest absolute Gasteiger partial charge is 0.123 e. The van der Waals surface area contributed by atoms with E-state index in [0.29, 0.717) is 5.88 Å². The SMILES string of the molecule is CC(CCl)NCc1cncc(-c2ccc(F)cc2)c1. The first-order valence-electron chi connectivity index (χ1n) is 6.18. The Kier molecular flexibility index (Phi) is 4.88. The minimum atomic E-state index is -0.231. The highest BCUT2D eigenvalue weighted by atomic mass is 35.5. The second-order valence-electron chi connectivity index (χ2n) is 4.53. The van der Waals surface area contributed by atoms with Crippen molar-refractivity contribution >= 4 is 11.6 Å². The monoisotopic (exact) mass is 278 g/mol. The summed E-state index contributed by atoms with van der Waals surface area (Å²) in [6.45, 7) is 2.75. The van der Waals surface area contributed by atoms with Gasteiger partial charge in [-0.1, -0.05) is 12.1 Å². The summed E-state index contributed by atoms with van der Waals surface area (Å²) in [5.74, 6) is 0.343. The lowest BCUT2D eigenvalue weighted by Gasteiger charge is -2.11. The Labute approximate surface area is 117 Å². The van der Waals surface area contributed by atoms with Crippen LogP contribution in [-0.2, 0) is 6.54 Å². The molecule has 0 saturated carbocycles. The molecule has 0 aliphatic rings. The van der Waals surface area contributed by atoms with Gasteiger partial charge in [-0.25, -0.2) is 4.39 Å². The Hall–Kier alpha value is -1.45. The fourth-order valence-electron chi connectivity index (χ4n) is 1.73. The Balaban J connectivity index is 2.12. The van der Waals surface area contributed by atoms with E-state index in [0.717, 1.165) is 23.2 Å². The van der Waals surface area contributed by atoms with Gasteiger partial charge < -0.3 is 5.32 Å². The molecule has 0 aliphatic carbocycles. The third-order valence-electron chi connectivity index (χ3n) is 2.86. The predicted molar refractivity (Wildman–Crippen MR) is 76.7 cm³/mol. The van der Waals surface area contributed by atoms with Crippen LogP contribution in [0.1, 0.15) is 12.5 Å². The van der Waals surface area contributed by atoms with E-state index < -0.39 is 0 Å². The van der Waals surface area contributed by atoms with Gasteiger partial charge in [0.25, 0.3) is 0 Å². The number of benzene rings is 1. The Morgan fingerprint density at radius 1 is 1.21 bits per heavy atom. The molecule has 1 atom stereocenters. The molecule has 2 nitrogen and oxygen atoms in total. The van der Waals surface area contributed by atoms with Gasteiger partial charge in [0, 0.05) is 36.4 Å². The second kappa shape index (κ2) is 6.64. The summed E-state index contributed by atoms with van der Waals surface area (Å²) in [6.07, 6.45) is 3.60. The van der Waals surface area contributed by atoms with Crippen molar-refractivity contribution in [2.24, 2.45) is 0 Å². The molecule has 0 fully saturated rings. The van der Waals surface area contributed by atoms with E-state index in [4.69, 9.17) is 11.6 Å². The van der Waals surface area contributed by atoms with Gasteiger partial charge in [-0.15, -0.1) is 11.6 Å². The van der Waals surface area contributed by atoms with Gasteiger partial charge in [0.05, 0.1) is 0 Å². The van der Waals surface area contributed by atoms with Crippen LogP contribution in [0, 0.1) is 5.82 Å². The van der Waals surface area contributed by atoms with Gasteiger partial charge in [-0.3, -0.25) is 4.98 Å². The number of halogens is 2. The number of nitrogens with zero attached hydrogens (tertiary/aromatic N) is 1. The molecule has 1 unspecified atom stereocenters. The van der Waals surface area contributed by atoms with Crippen molar-refractivity contribution in [3.05, 3.63) is 54.1 Å². The van der Waals surface area contributed by atoms with E-state index in [9.17, 15) is 4.39 Å². The van der Waals surface area contributed by atoms with Crippen molar-refractivity contribution in [3.8, 4) is 11.1 Å². The molecular weight excluding hydrogens is 263 g/mol. The highest BCUT2D eigenvalue weighted by Crippen LogP contribution is 2.19. The molecule has 1 aromatic carbocycles. The van der Waals surface area contributed by atoms with E-state index in [1.807, 2.05) is 19.2 Å². The normalized spacial score (nSPS) is 12.4. The van der Waals surface area contributed by atoms with Crippen molar-refractivity contribution in [2.45, 2.75) is 19.5 Å². The number of pyridine rings is 1. The molecular formula is C15H16ClFN2. The van der Waals surface area contributed by atoms with Gasteiger partial charge in [0.15, 0.2) is 0 Å². The third-order valence-corrected chi connectivity index (χ3v) is 3.32. The van der Waals surface area contributed by atoms with E-state index in [1.54, 1.807) is 18.3 Å². The minimum absolute atomic E-state index is 0.231. The highest BCUT2D eigenvalue weighted by Gasteiger charge is 2.03. The van der Waals surface area contributed by atoms with Crippen LogP contribution in [0.2, 0.25) is 0 Å². The quantitative estimate of drug-likeness (QED) is 0.845. The molecule has 0 amide bonds. The molecule has 0 bridgehead atoms. The summed E-state index contributed by atoms with van der Waals surface area (Å²) < 4.78 is 12.9. The summed E-state index contributed by atoms with van der Waals surface area (Å²) in [5.41, 5.74) is 3.03. The molecule has 0 saturated heterocycles. The molecule has 2 rings (SSSR count). The fourth-order valence-corrected chi connectivity index (χ4v) is 1.84. The summed E-state index contributed by atoms with van der Waals surface area (Å²) in [7, 11) is 0. The Bertz CT molecular complexity index is 528. The van der Waals surface area contributed by atoms with Crippen LogP contribution in [0.25, 0.3) is 11.1 Å². The summed E-state index contributed by atoms with van der Waals surface area (Å²) in [6, 6.07) is 8.73. The van der Waals surface area contributed by atoms with E-state index >= 15 is 0 Å². The number of hydrogen-bond donors (Lipinski definition) is 1. The van der Waals surface area contributed by atoms with Crippen molar-refractivity contribution in [2.75, 3.05) is 5.88 Å². The first-order valence-corrected chi connectivity index (χ1v) is 6.71. The predicted octanol–water partition coefficient (Wildman–Crippen LogP) is 3.60. The Morgan fingerprint density at radius 2 is 1.95 bits per heavy atom. The van der Waals surface area contributed by atoms with E-state index in [2.05, 4.69) is 10.3 Å². The van der Waals surface area contributed by atoms with Gasteiger partial charge in [0.1, 0.15) is 5.82 Å². The summed E-state index contributed by atoms with van der Waals surface area (Å²) in [4.78, 5) is 4.22. The largest absolute Gasteiger partial charge is 0.309 e. The lowest BCUT2D eigenvalue weighted by atomic mass is 10.1. The zero-order valence-electron chi connectivity index (χ0n) is 10.7. The maximum Gasteiger partial charge on any atom is 0.123 e. The minimum Gasteiger partial charge on any atom is -0.309 e. The van der Waals surface area contributed by atoms with E-state index in [1.165, 1.54) is 12.1 Å². The van der Waals surface area contributed by atoms with Crippen molar-refractivity contribution < 1.29 is 4.39 Å². The van der Waals surface area contributed by atoms with Gasteiger partial charge >= 0.3 is 0 Å². The van der Waals surface area contributed by atoms with Crippen molar-refractivity contribution in [1.82, 2.24) is 10.3 Å². The topological polar surface area (TPSA) is 24.9 Å². The molecule has 0 spiro atoms. The number of alkyl halides is 1. The molecule has 0 aliphatic heterocycles. The van der Waals surface area contributed by atoms with Crippen LogP contribution < -0.4 is 5.32 Å². The number of rotatable bonds is 5. The number of hydrogen-bond acceptors (Lipinski definition) is 2. The first-order chi connectivity index (χ1) is 9.19. The highest BCUT2D eigenvalue weighted by molar-refractivity contribution is 6.18. The average Bonchev–Trinajstić information content (AvgIpc) is 2.46. The molecule has 1 aromatic heterocycles. The van der Waals surface area contributed by atoms with Gasteiger partial charge in [0.2, 0.25) is 0 Å². The van der Waals surface area contributed by atoms with E-state index in [-0.39, 0.29) is 11.9 Å². The first kappa shape index (κ1) is 14.0. The van der Waals surface area contributed by atoms with Gasteiger partial charge in [-0.2, -0.15) is 0 Å². The molecule has 100 valence electrons.